The average Bonchev–Trinajstić information content (AvgIpc) is 2.46. The number of hydrogen-bond donors (Lipinski definition) is 2. The van der Waals surface area contributed by atoms with E-state index in [0.717, 1.165) is 17.8 Å². The maximum absolute atomic E-state index is 5.58. The first-order valence-electron chi connectivity index (χ1n) is 6.79. The molecule has 0 saturated heterocycles. The highest BCUT2D eigenvalue weighted by Gasteiger charge is 2.00. The van der Waals surface area contributed by atoms with E-state index in [0.29, 0.717) is 10.9 Å². The van der Waals surface area contributed by atoms with E-state index in [1.807, 2.05) is 24.3 Å². The Hall–Kier alpha value is -1.87. The van der Waals surface area contributed by atoms with Crippen LogP contribution in [0.4, 0.5) is 5.69 Å². The second kappa shape index (κ2) is 6.53. The Labute approximate surface area is 126 Å². The first-order valence-corrected chi connectivity index (χ1v) is 7.19. The molecule has 2 rings (SSSR count). The summed E-state index contributed by atoms with van der Waals surface area (Å²) in [4.78, 5) is 0.431. The van der Waals surface area contributed by atoms with Crippen LogP contribution in [0.2, 0.25) is 0 Å². The first-order chi connectivity index (χ1) is 9.56. The third-order valence-electron chi connectivity index (χ3n) is 3.31. The molecule has 0 fully saturated rings. The second-order valence-electron chi connectivity index (χ2n) is 5.19. The van der Waals surface area contributed by atoms with E-state index in [4.69, 9.17) is 18.0 Å². The molecule has 0 aliphatic heterocycles. The fraction of sp³-hybridized carbons (Fsp3) is 0.235. The zero-order valence-electron chi connectivity index (χ0n) is 11.9. The van der Waals surface area contributed by atoms with Crippen molar-refractivity contribution in [3.05, 3.63) is 65.2 Å². The van der Waals surface area contributed by atoms with E-state index in [1.54, 1.807) is 0 Å². The number of benzene rings is 2. The lowest BCUT2D eigenvalue weighted by atomic mass is 10.0. The number of anilines is 1. The third kappa shape index (κ3) is 3.81. The number of nitrogens with two attached hydrogens (primary N) is 1. The fourth-order valence-electron chi connectivity index (χ4n) is 1.98. The fourth-order valence-corrected chi connectivity index (χ4v) is 2.11. The van der Waals surface area contributed by atoms with Crippen molar-refractivity contribution < 1.29 is 0 Å². The molecule has 0 unspecified atom stereocenters. The molecule has 0 aliphatic rings. The molecular weight excluding hydrogens is 264 g/mol. The highest BCUT2D eigenvalue weighted by molar-refractivity contribution is 7.80. The van der Waals surface area contributed by atoms with Crippen molar-refractivity contribution in [2.75, 3.05) is 5.32 Å². The van der Waals surface area contributed by atoms with Gasteiger partial charge in [0.15, 0.2) is 0 Å². The van der Waals surface area contributed by atoms with Crippen molar-refractivity contribution in [1.82, 2.24) is 0 Å². The van der Waals surface area contributed by atoms with Crippen LogP contribution in [0.1, 0.15) is 36.5 Å². The Bertz CT molecular complexity index is 571. The predicted molar refractivity (Wildman–Crippen MR) is 90.2 cm³/mol. The van der Waals surface area contributed by atoms with E-state index < -0.39 is 0 Å². The first kappa shape index (κ1) is 14.5. The molecule has 2 nitrogen and oxygen atoms in total. The third-order valence-corrected chi connectivity index (χ3v) is 3.55. The molecule has 0 bridgehead atoms. The molecule has 0 amide bonds. The summed E-state index contributed by atoms with van der Waals surface area (Å²) in [6.07, 6.45) is 0. The van der Waals surface area contributed by atoms with Crippen molar-refractivity contribution in [3.63, 3.8) is 0 Å². The minimum Gasteiger partial charge on any atom is -0.389 e. The number of rotatable bonds is 5. The molecule has 104 valence electrons. The van der Waals surface area contributed by atoms with Gasteiger partial charge in [-0.2, -0.15) is 0 Å². The summed E-state index contributed by atoms with van der Waals surface area (Å²) in [5, 5.41) is 3.39. The Morgan fingerprint density at radius 3 is 2.15 bits per heavy atom. The van der Waals surface area contributed by atoms with Crippen molar-refractivity contribution in [3.8, 4) is 0 Å². The van der Waals surface area contributed by atoms with E-state index in [-0.39, 0.29) is 0 Å². The summed E-state index contributed by atoms with van der Waals surface area (Å²) >= 11 is 4.94. The summed E-state index contributed by atoms with van der Waals surface area (Å²) in [6, 6.07) is 16.6. The lowest BCUT2D eigenvalue weighted by Gasteiger charge is -2.09. The van der Waals surface area contributed by atoms with Crippen LogP contribution < -0.4 is 11.1 Å². The normalized spacial score (nSPS) is 10.6. The van der Waals surface area contributed by atoms with Gasteiger partial charge in [0.25, 0.3) is 0 Å². The molecule has 0 heterocycles. The molecule has 0 atom stereocenters. The summed E-state index contributed by atoms with van der Waals surface area (Å²) in [5.41, 5.74) is 10.2. The zero-order valence-corrected chi connectivity index (χ0v) is 12.7. The van der Waals surface area contributed by atoms with Gasteiger partial charge in [0, 0.05) is 17.8 Å². The summed E-state index contributed by atoms with van der Waals surface area (Å²) in [7, 11) is 0. The van der Waals surface area contributed by atoms with E-state index in [2.05, 4.69) is 43.4 Å². The van der Waals surface area contributed by atoms with Crippen LogP contribution in [0.25, 0.3) is 0 Å². The van der Waals surface area contributed by atoms with Gasteiger partial charge in [0.1, 0.15) is 4.99 Å². The topological polar surface area (TPSA) is 38.0 Å². The summed E-state index contributed by atoms with van der Waals surface area (Å²) in [6.45, 7) is 5.22. The molecule has 3 heteroatoms. The molecule has 3 N–H and O–H groups in total. The van der Waals surface area contributed by atoms with Crippen LogP contribution in [0.3, 0.4) is 0 Å². The number of thiocarbonyl (C=S) groups is 1. The predicted octanol–water partition coefficient (Wildman–Crippen LogP) is 4.06. The Morgan fingerprint density at radius 1 is 1.05 bits per heavy atom. The Morgan fingerprint density at radius 2 is 1.65 bits per heavy atom. The summed E-state index contributed by atoms with van der Waals surface area (Å²) in [5.74, 6) is 0.574. The number of hydrogen-bond acceptors (Lipinski definition) is 2. The highest BCUT2D eigenvalue weighted by Crippen LogP contribution is 2.16. The van der Waals surface area contributed by atoms with E-state index >= 15 is 0 Å². The molecule has 2 aromatic rings. The van der Waals surface area contributed by atoms with Gasteiger partial charge in [-0.05, 0) is 41.3 Å². The van der Waals surface area contributed by atoms with Crippen molar-refractivity contribution in [2.24, 2.45) is 5.73 Å². The van der Waals surface area contributed by atoms with E-state index in [1.165, 1.54) is 11.1 Å². The van der Waals surface area contributed by atoms with Gasteiger partial charge in [-0.25, -0.2) is 0 Å². The van der Waals surface area contributed by atoms with Gasteiger partial charge in [-0.1, -0.05) is 50.3 Å². The van der Waals surface area contributed by atoms with Gasteiger partial charge in [-0.15, -0.1) is 0 Å². The van der Waals surface area contributed by atoms with E-state index in [9.17, 15) is 0 Å². The van der Waals surface area contributed by atoms with Crippen LogP contribution >= 0.6 is 12.2 Å². The van der Waals surface area contributed by atoms with Crippen molar-refractivity contribution in [2.45, 2.75) is 26.3 Å². The average molecular weight is 284 g/mol. The largest absolute Gasteiger partial charge is 0.389 e. The lowest BCUT2D eigenvalue weighted by Crippen LogP contribution is -2.09. The molecule has 0 saturated carbocycles. The maximum atomic E-state index is 5.58. The Kier molecular flexibility index (Phi) is 4.74. The minimum atomic E-state index is 0.431. The van der Waals surface area contributed by atoms with Crippen LogP contribution in [-0.4, -0.2) is 4.99 Å². The van der Waals surface area contributed by atoms with Crippen LogP contribution in [0.15, 0.2) is 48.5 Å². The molecule has 0 aromatic heterocycles. The minimum absolute atomic E-state index is 0.431. The second-order valence-corrected chi connectivity index (χ2v) is 5.63. The SMILES string of the molecule is CC(C)c1ccc(CNc2ccc(C(N)=S)cc2)cc1. The molecule has 0 radical (unpaired) electrons. The van der Waals surface area contributed by atoms with Crippen LogP contribution in [-0.2, 0) is 6.54 Å². The van der Waals surface area contributed by atoms with Gasteiger partial charge in [0.2, 0.25) is 0 Å². The molecule has 0 aliphatic carbocycles. The van der Waals surface area contributed by atoms with Gasteiger partial charge < -0.3 is 11.1 Å². The lowest BCUT2D eigenvalue weighted by molar-refractivity contribution is 0.865. The highest BCUT2D eigenvalue weighted by atomic mass is 32.1. The smallest absolute Gasteiger partial charge is 0.103 e. The Balaban J connectivity index is 1.96. The summed E-state index contributed by atoms with van der Waals surface area (Å²) < 4.78 is 0. The van der Waals surface area contributed by atoms with Crippen molar-refractivity contribution in [1.29, 1.82) is 0 Å². The number of nitrogens with one attached hydrogen (secondary N) is 1. The van der Waals surface area contributed by atoms with Crippen molar-refractivity contribution >= 4 is 22.9 Å². The van der Waals surface area contributed by atoms with Crippen LogP contribution in [0.5, 0.6) is 0 Å². The zero-order chi connectivity index (χ0) is 14.5. The molecule has 2 aromatic carbocycles. The molecular formula is C17H20N2S. The maximum Gasteiger partial charge on any atom is 0.103 e. The van der Waals surface area contributed by atoms with Gasteiger partial charge >= 0.3 is 0 Å². The molecule has 20 heavy (non-hydrogen) atoms. The quantitative estimate of drug-likeness (QED) is 0.813. The van der Waals surface area contributed by atoms with Crippen LogP contribution in [0, 0.1) is 0 Å². The molecule has 0 spiro atoms. The monoisotopic (exact) mass is 284 g/mol. The van der Waals surface area contributed by atoms with Gasteiger partial charge in [-0.3, -0.25) is 0 Å². The van der Waals surface area contributed by atoms with Gasteiger partial charge in [0.05, 0.1) is 0 Å². The standard InChI is InChI=1S/C17H20N2S/c1-12(2)14-5-3-13(4-6-14)11-19-16-9-7-15(8-10-16)17(18)20/h3-10,12,19H,11H2,1-2H3,(H2,18,20).